The van der Waals surface area contributed by atoms with Gasteiger partial charge in [-0.2, -0.15) is 4.98 Å². The molecule has 6 heteroatoms. The largest absolute Gasteiger partial charge is 0.351 e. The Morgan fingerprint density at radius 2 is 2.12 bits per heavy atom. The molecule has 0 aromatic carbocycles. The summed E-state index contributed by atoms with van der Waals surface area (Å²) in [6.07, 6.45) is 2.66. The Bertz CT molecular complexity index is 399. The summed E-state index contributed by atoms with van der Waals surface area (Å²) in [7, 11) is 2.13. The van der Waals surface area contributed by atoms with Crippen LogP contribution in [0.25, 0.3) is 0 Å². The zero-order valence-electron chi connectivity index (χ0n) is 10.0. The predicted molar refractivity (Wildman–Crippen MR) is 71.0 cm³/mol. The summed E-state index contributed by atoms with van der Waals surface area (Å²) in [4.78, 5) is 12.7. The van der Waals surface area contributed by atoms with Crippen molar-refractivity contribution in [2.24, 2.45) is 0 Å². The summed E-state index contributed by atoms with van der Waals surface area (Å²) in [6.45, 7) is 5.21. The summed E-state index contributed by atoms with van der Waals surface area (Å²) < 4.78 is 0. The van der Waals surface area contributed by atoms with Crippen LogP contribution in [0.15, 0.2) is 6.20 Å². The van der Waals surface area contributed by atoms with Crippen LogP contribution in [0.1, 0.15) is 13.3 Å². The normalized spacial score (nSPS) is 22.6. The third-order valence-electron chi connectivity index (χ3n) is 3.02. The van der Waals surface area contributed by atoms with Gasteiger partial charge in [-0.15, -0.1) is 0 Å². The molecule has 2 rings (SSSR count). The molecule has 4 nitrogen and oxygen atoms in total. The lowest BCUT2D eigenvalue weighted by Gasteiger charge is -2.29. The molecule has 1 aromatic rings. The van der Waals surface area contributed by atoms with Gasteiger partial charge in [0.15, 0.2) is 5.82 Å². The van der Waals surface area contributed by atoms with Crippen LogP contribution >= 0.6 is 23.2 Å². The molecular weight excluding hydrogens is 259 g/mol. The summed E-state index contributed by atoms with van der Waals surface area (Å²) >= 11 is 12.0. The van der Waals surface area contributed by atoms with Crippen LogP contribution in [0.4, 0.5) is 5.82 Å². The molecule has 0 radical (unpaired) electrons. The maximum absolute atomic E-state index is 6.15. The number of anilines is 1. The Balaban J connectivity index is 2.28. The van der Waals surface area contributed by atoms with Crippen LogP contribution in [0.5, 0.6) is 0 Å². The first kappa shape index (κ1) is 12.9. The lowest BCUT2D eigenvalue weighted by Crippen LogP contribution is -2.38. The van der Waals surface area contributed by atoms with Crippen LogP contribution in [-0.4, -0.2) is 47.6 Å². The first-order valence-electron chi connectivity index (χ1n) is 5.71. The number of hydrogen-bond acceptors (Lipinski definition) is 4. The van der Waals surface area contributed by atoms with Crippen LogP contribution in [0.2, 0.25) is 10.3 Å². The molecule has 1 atom stereocenters. The Kier molecular flexibility index (Phi) is 4.07. The summed E-state index contributed by atoms with van der Waals surface area (Å²) in [5, 5.41) is 0.806. The molecule has 0 spiro atoms. The molecule has 0 amide bonds. The van der Waals surface area contributed by atoms with Crippen LogP contribution in [0, 0.1) is 0 Å². The highest BCUT2D eigenvalue weighted by Gasteiger charge is 2.23. The van der Waals surface area contributed by atoms with Crippen molar-refractivity contribution in [3.05, 3.63) is 16.5 Å². The van der Waals surface area contributed by atoms with Gasteiger partial charge in [0.1, 0.15) is 5.02 Å². The summed E-state index contributed by atoms with van der Waals surface area (Å²) in [5.41, 5.74) is 0. The SMILES string of the molecule is CC1CN(C)CCCN1c1nc(Cl)ncc1Cl. The lowest BCUT2D eigenvalue weighted by atomic mass is 10.2. The lowest BCUT2D eigenvalue weighted by molar-refractivity contribution is 0.337. The zero-order valence-corrected chi connectivity index (χ0v) is 11.5. The minimum Gasteiger partial charge on any atom is -0.351 e. The van der Waals surface area contributed by atoms with Gasteiger partial charge < -0.3 is 9.80 Å². The van der Waals surface area contributed by atoms with Crippen molar-refractivity contribution in [3.8, 4) is 0 Å². The van der Waals surface area contributed by atoms with Gasteiger partial charge in [-0.05, 0) is 38.5 Å². The molecule has 94 valence electrons. The van der Waals surface area contributed by atoms with Crippen molar-refractivity contribution in [2.75, 3.05) is 31.6 Å². The van der Waals surface area contributed by atoms with E-state index in [1.807, 2.05) is 0 Å². The summed E-state index contributed by atoms with van der Waals surface area (Å²) in [5.74, 6) is 0.745. The highest BCUT2D eigenvalue weighted by molar-refractivity contribution is 6.33. The topological polar surface area (TPSA) is 32.3 Å². The van der Waals surface area contributed by atoms with Crippen LogP contribution in [-0.2, 0) is 0 Å². The Labute approximate surface area is 112 Å². The third kappa shape index (κ3) is 3.00. The molecule has 0 saturated carbocycles. The van der Waals surface area contributed by atoms with Crippen LogP contribution < -0.4 is 4.90 Å². The van der Waals surface area contributed by atoms with E-state index >= 15 is 0 Å². The van der Waals surface area contributed by atoms with E-state index in [4.69, 9.17) is 23.2 Å². The van der Waals surface area contributed by atoms with E-state index in [1.54, 1.807) is 6.20 Å². The molecule has 17 heavy (non-hydrogen) atoms. The minimum absolute atomic E-state index is 0.245. The first-order chi connectivity index (χ1) is 8.08. The van der Waals surface area contributed by atoms with E-state index in [1.165, 1.54) is 0 Å². The van der Waals surface area contributed by atoms with Crippen molar-refractivity contribution >= 4 is 29.0 Å². The standard InChI is InChI=1S/C11H16Cl2N4/c1-8-7-16(2)4-3-5-17(8)10-9(12)6-14-11(13)15-10/h6,8H,3-5,7H2,1-2H3. The van der Waals surface area contributed by atoms with Crippen molar-refractivity contribution in [1.82, 2.24) is 14.9 Å². The summed E-state index contributed by atoms with van der Waals surface area (Å²) in [6, 6.07) is 0.367. The number of likely N-dealkylation sites (N-methyl/N-ethyl adjacent to an activating group) is 1. The van der Waals surface area contributed by atoms with Crippen molar-refractivity contribution in [1.29, 1.82) is 0 Å². The Hall–Kier alpha value is -0.580. The van der Waals surface area contributed by atoms with Crippen molar-refractivity contribution in [3.63, 3.8) is 0 Å². The minimum atomic E-state index is 0.245. The fourth-order valence-corrected chi connectivity index (χ4v) is 2.55. The van der Waals surface area contributed by atoms with Crippen molar-refractivity contribution < 1.29 is 0 Å². The number of nitrogens with zero attached hydrogens (tertiary/aromatic N) is 4. The zero-order chi connectivity index (χ0) is 12.4. The van der Waals surface area contributed by atoms with Crippen LogP contribution in [0.3, 0.4) is 0 Å². The maximum Gasteiger partial charge on any atom is 0.224 e. The van der Waals surface area contributed by atoms with E-state index in [2.05, 4.69) is 33.7 Å². The van der Waals surface area contributed by atoms with E-state index in [9.17, 15) is 0 Å². The second kappa shape index (κ2) is 5.38. The number of hydrogen-bond donors (Lipinski definition) is 0. The van der Waals surface area contributed by atoms with Gasteiger partial charge in [-0.1, -0.05) is 11.6 Å². The smallest absolute Gasteiger partial charge is 0.224 e. The van der Waals surface area contributed by atoms with Gasteiger partial charge in [-0.25, -0.2) is 4.98 Å². The van der Waals surface area contributed by atoms with E-state index < -0.39 is 0 Å². The molecule has 1 unspecified atom stereocenters. The Morgan fingerprint density at radius 1 is 1.35 bits per heavy atom. The van der Waals surface area contributed by atoms with Gasteiger partial charge in [-0.3, -0.25) is 0 Å². The number of rotatable bonds is 1. The average Bonchev–Trinajstić information content (AvgIpc) is 2.43. The first-order valence-corrected chi connectivity index (χ1v) is 6.46. The highest BCUT2D eigenvalue weighted by atomic mass is 35.5. The van der Waals surface area contributed by atoms with Gasteiger partial charge in [0.25, 0.3) is 0 Å². The van der Waals surface area contributed by atoms with Crippen molar-refractivity contribution in [2.45, 2.75) is 19.4 Å². The molecule has 0 aliphatic carbocycles. The average molecular weight is 275 g/mol. The van der Waals surface area contributed by atoms with Gasteiger partial charge in [0.05, 0.1) is 6.20 Å². The molecule has 0 N–H and O–H groups in total. The fraction of sp³-hybridized carbons (Fsp3) is 0.636. The quantitative estimate of drug-likeness (QED) is 0.736. The molecule has 0 bridgehead atoms. The van der Waals surface area contributed by atoms with E-state index in [0.29, 0.717) is 11.1 Å². The second-order valence-electron chi connectivity index (χ2n) is 4.47. The fourth-order valence-electron chi connectivity index (χ4n) is 2.23. The molecule has 1 fully saturated rings. The molecular formula is C11H16Cl2N4. The number of halogens is 2. The molecule has 1 saturated heterocycles. The molecule has 1 aliphatic rings. The molecule has 1 aliphatic heterocycles. The number of aromatic nitrogens is 2. The predicted octanol–water partition coefficient (Wildman–Crippen LogP) is 2.31. The van der Waals surface area contributed by atoms with E-state index in [0.717, 1.165) is 31.9 Å². The second-order valence-corrected chi connectivity index (χ2v) is 5.21. The third-order valence-corrected chi connectivity index (χ3v) is 3.46. The monoisotopic (exact) mass is 274 g/mol. The molecule has 2 heterocycles. The van der Waals surface area contributed by atoms with E-state index in [-0.39, 0.29) is 5.28 Å². The van der Waals surface area contributed by atoms with Gasteiger partial charge >= 0.3 is 0 Å². The maximum atomic E-state index is 6.15. The Morgan fingerprint density at radius 3 is 2.88 bits per heavy atom. The van der Waals surface area contributed by atoms with Gasteiger partial charge in [0.2, 0.25) is 5.28 Å². The van der Waals surface area contributed by atoms with Gasteiger partial charge in [0, 0.05) is 19.1 Å². The molecule has 1 aromatic heterocycles. The highest BCUT2D eigenvalue weighted by Crippen LogP contribution is 2.26.